The highest BCUT2D eigenvalue weighted by Crippen LogP contribution is 2.27. The Balaban J connectivity index is 3.43. The molecule has 13 heavy (non-hydrogen) atoms. The van der Waals surface area contributed by atoms with Gasteiger partial charge >= 0.3 is 0 Å². The van der Waals surface area contributed by atoms with E-state index in [1.54, 1.807) is 0 Å². The molecule has 1 N–H and O–H groups in total. The van der Waals surface area contributed by atoms with E-state index in [4.69, 9.17) is 0 Å². The summed E-state index contributed by atoms with van der Waals surface area (Å²) in [6.45, 7) is 8.09. The normalized spacial score (nSPS) is 11.1. The van der Waals surface area contributed by atoms with Crippen LogP contribution in [0, 0.1) is 20.8 Å². The van der Waals surface area contributed by atoms with E-state index in [0.29, 0.717) is 5.75 Å². The number of phenols is 1. The molecule has 1 aromatic carbocycles. The Morgan fingerprint density at radius 3 is 2.31 bits per heavy atom. The van der Waals surface area contributed by atoms with E-state index in [0.717, 1.165) is 16.7 Å². The molecule has 0 radical (unpaired) electrons. The summed E-state index contributed by atoms with van der Waals surface area (Å²) in [4.78, 5) is 0. The van der Waals surface area contributed by atoms with Crippen molar-refractivity contribution in [3.63, 3.8) is 0 Å². The summed E-state index contributed by atoms with van der Waals surface area (Å²) >= 11 is 0. The average molecular weight is 176 g/mol. The third-order valence-electron chi connectivity index (χ3n) is 2.52. The number of hydrogen-bond donors (Lipinski definition) is 1. The fourth-order valence-electron chi connectivity index (χ4n) is 1.46. The van der Waals surface area contributed by atoms with Crippen LogP contribution in [-0.4, -0.2) is 5.11 Å². The predicted molar refractivity (Wildman–Crippen MR) is 57.0 cm³/mol. The van der Waals surface area contributed by atoms with Gasteiger partial charge in [-0.15, -0.1) is 0 Å². The van der Waals surface area contributed by atoms with E-state index >= 15 is 0 Å². The summed E-state index contributed by atoms with van der Waals surface area (Å²) in [5.41, 5.74) is 4.50. The molecule has 1 aromatic rings. The lowest BCUT2D eigenvalue weighted by Crippen LogP contribution is -1.90. The van der Waals surface area contributed by atoms with E-state index in [2.05, 4.69) is 6.92 Å². The molecule has 0 aliphatic heterocycles. The van der Waals surface area contributed by atoms with Crippen LogP contribution in [0.15, 0.2) is 12.1 Å². The summed E-state index contributed by atoms with van der Waals surface area (Å²) < 4.78 is 0. The van der Waals surface area contributed by atoms with Gasteiger partial charge in [0.15, 0.2) is 0 Å². The number of phenolic OH excluding ortho intramolecular Hbond substituents is 1. The predicted octanol–water partition coefficient (Wildman–Crippen LogP) is 3.35. The first-order valence-electron chi connectivity index (χ1n) is 4.50. The van der Waals surface area contributed by atoms with E-state index in [-0.39, 0.29) is 0 Å². The van der Waals surface area contributed by atoms with Crippen molar-refractivity contribution in [3.05, 3.63) is 34.4 Å². The summed E-state index contributed by atoms with van der Waals surface area (Å²) in [7, 11) is 0. The van der Waals surface area contributed by atoms with Crippen molar-refractivity contribution in [2.75, 3.05) is 0 Å². The highest BCUT2D eigenvalue weighted by molar-refractivity contribution is 5.63. The summed E-state index contributed by atoms with van der Waals surface area (Å²) in [6, 6.07) is 1.82. The van der Waals surface area contributed by atoms with Gasteiger partial charge in [-0.1, -0.05) is 12.2 Å². The lowest BCUT2D eigenvalue weighted by atomic mass is 9.97. The Hall–Kier alpha value is -1.24. The molecule has 0 bridgehead atoms. The van der Waals surface area contributed by atoms with Gasteiger partial charge < -0.3 is 5.11 Å². The van der Waals surface area contributed by atoms with Crippen molar-refractivity contribution in [3.8, 4) is 5.75 Å². The van der Waals surface area contributed by atoms with Crippen LogP contribution < -0.4 is 0 Å². The van der Waals surface area contributed by atoms with Crippen LogP contribution in [-0.2, 0) is 0 Å². The maximum absolute atomic E-state index is 9.68. The number of aryl methyl sites for hydroxylation is 1. The lowest BCUT2D eigenvalue weighted by molar-refractivity contribution is 0.473. The first kappa shape index (κ1) is 9.85. The van der Waals surface area contributed by atoms with E-state index in [1.165, 1.54) is 5.56 Å². The standard InChI is InChI=1S/C12H16O/c1-5-6-11-10(4)9(3)8(2)7-12(11)13/h5-7,13H,1-4H3. The molecule has 0 atom stereocenters. The zero-order valence-electron chi connectivity index (χ0n) is 8.68. The van der Waals surface area contributed by atoms with E-state index < -0.39 is 0 Å². The average Bonchev–Trinajstić information content (AvgIpc) is 2.09. The van der Waals surface area contributed by atoms with Gasteiger partial charge in [0.05, 0.1) is 0 Å². The van der Waals surface area contributed by atoms with Crippen LogP contribution in [0.4, 0.5) is 0 Å². The Morgan fingerprint density at radius 1 is 1.15 bits per heavy atom. The smallest absolute Gasteiger partial charge is 0.123 e. The molecule has 0 aliphatic rings. The van der Waals surface area contributed by atoms with Gasteiger partial charge in [-0.05, 0) is 50.5 Å². The van der Waals surface area contributed by atoms with Gasteiger partial charge in [0, 0.05) is 5.56 Å². The van der Waals surface area contributed by atoms with Crippen molar-refractivity contribution >= 4 is 6.08 Å². The van der Waals surface area contributed by atoms with Crippen molar-refractivity contribution in [2.24, 2.45) is 0 Å². The van der Waals surface area contributed by atoms with Crippen LogP contribution in [0.3, 0.4) is 0 Å². The first-order valence-corrected chi connectivity index (χ1v) is 4.50. The van der Waals surface area contributed by atoms with Crippen LogP contribution in [0.5, 0.6) is 5.75 Å². The minimum Gasteiger partial charge on any atom is -0.507 e. The Morgan fingerprint density at radius 2 is 1.77 bits per heavy atom. The minimum atomic E-state index is 0.374. The Labute approximate surface area is 79.7 Å². The van der Waals surface area contributed by atoms with Crippen LogP contribution in [0.2, 0.25) is 0 Å². The molecular formula is C12H16O. The highest BCUT2D eigenvalue weighted by Gasteiger charge is 2.06. The van der Waals surface area contributed by atoms with Crippen LogP contribution >= 0.6 is 0 Å². The quantitative estimate of drug-likeness (QED) is 0.695. The summed E-state index contributed by atoms with van der Waals surface area (Å²) in [6.07, 6.45) is 3.88. The highest BCUT2D eigenvalue weighted by atomic mass is 16.3. The molecule has 1 rings (SSSR count). The zero-order chi connectivity index (χ0) is 10.0. The third kappa shape index (κ3) is 1.74. The SMILES string of the molecule is CC=Cc1c(O)cc(C)c(C)c1C. The molecular weight excluding hydrogens is 160 g/mol. The molecule has 0 saturated heterocycles. The van der Waals surface area contributed by atoms with Gasteiger partial charge in [0.25, 0.3) is 0 Å². The van der Waals surface area contributed by atoms with Crippen LogP contribution in [0.1, 0.15) is 29.2 Å². The molecule has 70 valence electrons. The van der Waals surface area contributed by atoms with Gasteiger partial charge in [-0.25, -0.2) is 0 Å². The molecule has 1 heteroatoms. The number of rotatable bonds is 1. The Bertz CT molecular complexity index is 349. The fraction of sp³-hybridized carbons (Fsp3) is 0.333. The molecule has 0 saturated carbocycles. The molecule has 0 heterocycles. The van der Waals surface area contributed by atoms with Gasteiger partial charge in [-0.3, -0.25) is 0 Å². The molecule has 0 spiro atoms. The fourth-order valence-corrected chi connectivity index (χ4v) is 1.46. The van der Waals surface area contributed by atoms with Crippen LogP contribution in [0.25, 0.3) is 6.08 Å². The van der Waals surface area contributed by atoms with Crippen molar-refractivity contribution in [1.82, 2.24) is 0 Å². The zero-order valence-corrected chi connectivity index (χ0v) is 8.68. The summed E-state index contributed by atoms with van der Waals surface area (Å²) in [5.74, 6) is 0.374. The number of aromatic hydroxyl groups is 1. The second-order valence-corrected chi connectivity index (χ2v) is 3.38. The van der Waals surface area contributed by atoms with Crippen molar-refractivity contribution < 1.29 is 5.11 Å². The molecule has 0 unspecified atom stereocenters. The van der Waals surface area contributed by atoms with Crippen molar-refractivity contribution in [1.29, 1.82) is 0 Å². The molecule has 0 aliphatic carbocycles. The topological polar surface area (TPSA) is 20.2 Å². The number of allylic oxidation sites excluding steroid dienone is 1. The molecule has 0 fully saturated rings. The van der Waals surface area contributed by atoms with Gasteiger partial charge in [-0.2, -0.15) is 0 Å². The maximum Gasteiger partial charge on any atom is 0.123 e. The summed E-state index contributed by atoms with van der Waals surface area (Å²) in [5, 5.41) is 9.68. The molecule has 1 nitrogen and oxygen atoms in total. The number of hydrogen-bond acceptors (Lipinski definition) is 1. The second-order valence-electron chi connectivity index (χ2n) is 3.38. The van der Waals surface area contributed by atoms with Crippen molar-refractivity contribution in [2.45, 2.75) is 27.7 Å². The van der Waals surface area contributed by atoms with E-state index in [9.17, 15) is 5.11 Å². The maximum atomic E-state index is 9.68. The number of benzene rings is 1. The largest absolute Gasteiger partial charge is 0.507 e. The van der Waals surface area contributed by atoms with E-state index in [1.807, 2.05) is 39.0 Å². The lowest BCUT2D eigenvalue weighted by Gasteiger charge is -2.10. The molecule has 0 aromatic heterocycles. The molecule has 0 amide bonds. The Kier molecular flexibility index (Phi) is 2.76. The monoisotopic (exact) mass is 176 g/mol. The second kappa shape index (κ2) is 3.65. The third-order valence-corrected chi connectivity index (χ3v) is 2.52. The van der Waals surface area contributed by atoms with Gasteiger partial charge in [0.2, 0.25) is 0 Å². The van der Waals surface area contributed by atoms with Gasteiger partial charge in [0.1, 0.15) is 5.75 Å². The minimum absolute atomic E-state index is 0.374. The first-order chi connectivity index (χ1) is 6.07.